The van der Waals surface area contributed by atoms with E-state index in [4.69, 9.17) is 39.2 Å². The molecule has 0 atom stereocenters. The van der Waals surface area contributed by atoms with E-state index in [1.54, 1.807) is 48.5 Å². The van der Waals surface area contributed by atoms with Crippen LogP contribution in [-0.2, 0) is 0 Å². The second-order valence-corrected chi connectivity index (χ2v) is 7.52. The average molecular weight is 432 g/mol. The Hall–Kier alpha value is -2.53. The Balaban J connectivity index is 1.57. The zero-order chi connectivity index (χ0) is 19.8. The molecule has 0 saturated carbocycles. The first-order valence-corrected chi connectivity index (χ1v) is 9.47. The molecule has 0 saturated heterocycles. The molecule has 0 unspecified atom stereocenters. The summed E-state index contributed by atoms with van der Waals surface area (Å²) in [4.78, 5) is 16.9. The summed E-state index contributed by atoms with van der Waals surface area (Å²) in [6.07, 6.45) is 0. The Bertz CT molecular complexity index is 1200. The van der Waals surface area contributed by atoms with Crippen molar-refractivity contribution in [1.29, 1.82) is 0 Å². The first kappa shape index (κ1) is 18.8. The van der Waals surface area contributed by atoms with E-state index < -0.39 is 0 Å². The second-order valence-electron chi connectivity index (χ2n) is 6.27. The Kier molecular flexibility index (Phi) is 5.02. The van der Waals surface area contributed by atoms with Crippen molar-refractivity contribution < 1.29 is 9.21 Å². The molecule has 1 heterocycles. The van der Waals surface area contributed by atoms with Gasteiger partial charge in [0.05, 0.1) is 15.6 Å². The predicted octanol–water partition coefficient (Wildman–Crippen LogP) is 7.02. The number of benzene rings is 3. The van der Waals surface area contributed by atoms with Crippen LogP contribution in [0.4, 0.5) is 5.69 Å². The molecular formula is C21H13Cl3N2O2. The SMILES string of the molecule is Cc1ccc(C(=O)Nc2ccc(-c3nc4cc(Cl)cc(Cl)c4o3)cc2)c(Cl)c1. The van der Waals surface area contributed by atoms with Gasteiger partial charge >= 0.3 is 0 Å². The number of amides is 1. The molecule has 4 nitrogen and oxygen atoms in total. The fourth-order valence-corrected chi connectivity index (χ4v) is 3.62. The highest BCUT2D eigenvalue weighted by atomic mass is 35.5. The van der Waals surface area contributed by atoms with Crippen molar-refractivity contribution in [2.24, 2.45) is 0 Å². The lowest BCUT2D eigenvalue weighted by atomic mass is 10.1. The Labute approximate surface area is 176 Å². The monoisotopic (exact) mass is 430 g/mol. The first-order chi connectivity index (χ1) is 13.4. The Morgan fingerprint density at radius 1 is 0.964 bits per heavy atom. The fourth-order valence-electron chi connectivity index (χ4n) is 2.78. The molecule has 1 aromatic heterocycles. The van der Waals surface area contributed by atoms with Crippen LogP contribution in [0.2, 0.25) is 15.1 Å². The van der Waals surface area contributed by atoms with Gasteiger partial charge in [0, 0.05) is 16.3 Å². The maximum atomic E-state index is 12.4. The normalized spacial score (nSPS) is 11.0. The highest BCUT2D eigenvalue weighted by Gasteiger charge is 2.14. The highest BCUT2D eigenvalue weighted by Crippen LogP contribution is 2.32. The molecule has 7 heteroatoms. The molecule has 0 radical (unpaired) electrons. The van der Waals surface area contributed by atoms with Gasteiger partial charge in [-0.15, -0.1) is 0 Å². The lowest BCUT2D eigenvalue weighted by Gasteiger charge is -2.08. The van der Waals surface area contributed by atoms with Crippen molar-refractivity contribution in [3.05, 3.63) is 80.8 Å². The number of hydrogen-bond donors (Lipinski definition) is 1. The van der Waals surface area contributed by atoms with Crippen LogP contribution in [0.25, 0.3) is 22.6 Å². The van der Waals surface area contributed by atoms with E-state index in [2.05, 4.69) is 10.3 Å². The number of halogens is 3. The van der Waals surface area contributed by atoms with Crippen LogP contribution in [0.5, 0.6) is 0 Å². The number of carbonyl (C=O) groups excluding carboxylic acids is 1. The summed E-state index contributed by atoms with van der Waals surface area (Å²) >= 11 is 18.3. The molecule has 0 aliphatic heterocycles. The van der Waals surface area contributed by atoms with Crippen molar-refractivity contribution in [3.8, 4) is 11.5 Å². The van der Waals surface area contributed by atoms with E-state index >= 15 is 0 Å². The summed E-state index contributed by atoms with van der Waals surface area (Å²) in [7, 11) is 0. The van der Waals surface area contributed by atoms with Gasteiger partial charge in [-0.05, 0) is 61.0 Å². The van der Waals surface area contributed by atoms with Gasteiger partial charge < -0.3 is 9.73 Å². The van der Waals surface area contributed by atoms with E-state index in [9.17, 15) is 4.79 Å². The molecule has 0 bridgehead atoms. The van der Waals surface area contributed by atoms with Crippen molar-refractivity contribution >= 4 is 57.5 Å². The summed E-state index contributed by atoms with van der Waals surface area (Å²) in [5.74, 6) is 0.139. The molecular weight excluding hydrogens is 419 g/mol. The third-order valence-corrected chi connectivity index (χ3v) is 4.98. The van der Waals surface area contributed by atoms with E-state index in [-0.39, 0.29) is 5.91 Å². The van der Waals surface area contributed by atoms with Crippen molar-refractivity contribution in [2.45, 2.75) is 6.92 Å². The molecule has 0 fully saturated rings. The van der Waals surface area contributed by atoms with Crippen LogP contribution in [0.3, 0.4) is 0 Å². The van der Waals surface area contributed by atoms with Crippen LogP contribution in [-0.4, -0.2) is 10.9 Å². The summed E-state index contributed by atoms with van der Waals surface area (Å²) in [5, 5.41) is 4.13. The van der Waals surface area contributed by atoms with Gasteiger partial charge in [0.25, 0.3) is 5.91 Å². The molecule has 140 valence electrons. The third kappa shape index (κ3) is 3.72. The van der Waals surface area contributed by atoms with Gasteiger partial charge in [0.2, 0.25) is 5.89 Å². The Morgan fingerprint density at radius 2 is 1.71 bits per heavy atom. The van der Waals surface area contributed by atoms with Crippen LogP contribution in [0.1, 0.15) is 15.9 Å². The first-order valence-electron chi connectivity index (χ1n) is 8.34. The zero-order valence-electron chi connectivity index (χ0n) is 14.6. The number of aromatic nitrogens is 1. The molecule has 28 heavy (non-hydrogen) atoms. The van der Waals surface area contributed by atoms with Crippen LogP contribution < -0.4 is 5.32 Å². The van der Waals surface area contributed by atoms with Gasteiger partial charge in [-0.1, -0.05) is 40.9 Å². The maximum Gasteiger partial charge on any atom is 0.257 e. The minimum atomic E-state index is -0.277. The van der Waals surface area contributed by atoms with Gasteiger partial charge in [-0.25, -0.2) is 4.98 Å². The van der Waals surface area contributed by atoms with Gasteiger partial charge in [-0.2, -0.15) is 0 Å². The molecule has 4 rings (SSSR count). The lowest BCUT2D eigenvalue weighted by molar-refractivity contribution is 0.102. The maximum absolute atomic E-state index is 12.4. The zero-order valence-corrected chi connectivity index (χ0v) is 16.9. The van der Waals surface area contributed by atoms with Crippen molar-refractivity contribution in [3.63, 3.8) is 0 Å². The second kappa shape index (κ2) is 7.47. The summed E-state index contributed by atoms with van der Waals surface area (Å²) in [5.41, 5.74) is 3.84. The van der Waals surface area contributed by atoms with E-state index in [1.165, 1.54) is 0 Å². The molecule has 3 aromatic carbocycles. The number of oxazole rings is 1. The number of rotatable bonds is 3. The van der Waals surface area contributed by atoms with E-state index in [0.29, 0.717) is 43.3 Å². The third-order valence-electron chi connectivity index (χ3n) is 4.17. The largest absolute Gasteiger partial charge is 0.435 e. The topological polar surface area (TPSA) is 55.1 Å². The van der Waals surface area contributed by atoms with Crippen LogP contribution in [0.15, 0.2) is 59.0 Å². The van der Waals surface area contributed by atoms with Crippen LogP contribution in [0, 0.1) is 6.92 Å². The molecule has 4 aromatic rings. The molecule has 1 N–H and O–H groups in total. The number of anilines is 1. The summed E-state index contributed by atoms with van der Waals surface area (Å²) in [6, 6.07) is 15.7. The van der Waals surface area contributed by atoms with Crippen molar-refractivity contribution in [2.75, 3.05) is 5.32 Å². The minimum Gasteiger partial charge on any atom is -0.435 e. The average Bonchev–Trinajstić information content (AvgIpc) is 3.06. The number of hydrogen-bond acceptors (Lipinski definition) is 3. The number of nitrogens with one attached hydrogen (secondary N) is 1. The molecule has 0 aliphatic carbocycles. The molecule has 1 amide bonds. The van der Waals surface area contributed by atoms with E-state index in [0.717, 1.165) is 11.1 Å². The smallest absolute Gasteiger partial charge is 0.257 e. The van der Waals surface area contributed by atoms with Crippen LogP contribution >= 0.6 is 34.8 Å². The van der Waals surface area contributed by atoms with Gasteiger partial charge in [0.15, 0.2) is 5.58 Å². The number of fused-ring (bicyclic) bond motifs is 1. The summed E-state index contributed by atoms with van der Waals surface area (Å²) < 4.78 is 5.75. The fraction of sp³-hybridized carbons (Fsp3) is 0.0476. The number of carbonyl (C=O) groups is 1. The van der Waals surface area contributed by atoms with Gasteiger partial charge in [0.1, 0.15) is 5.52 Å². The highest BCUT2D eigenvalue weighted by molar-refractivity contribution is 6.38. The summed E-state index contributed by atoms with van der Waals surface area (Å²) in [6.45, 7) is 1.92. The standard InChI is InChI=1S/C21H13Cl3N2O2/c1-11-2-7-15(16(23)8-11)20(27)25-14-5-3-12(4-6-14)21-26-18-10-13(22)9-17(24)19(18)28-21/h2-10H,1H3,(H,25,27). The lowest BCUT2D eigenvalue weighted by Crippen LogP contribution is -2.12. The minimum absolute atomic E-state index is 0.277. The van der Waals surface area contributed by atoms with Gasteiger partial charge in [-0.3, -0.25) is 4.79 Å². The predicted molar refractivity (Wildman–Crippen MR) is 114 cm³/mol. The van der Waals surface area contributed by atoms with E-state index in [1.807, 2.05) is 13.0 Å². The van der Waals surface area contributed by atoms with Crippen molar-refractivity contribution in [1.82, 2.24) is 4.98 Å². The number of nitrogens with zero attached hydrogens (tertiary/aromatic N) is 1. The molecule has 0 spiro atoms. The molecule has 0 aliphatic rings. The quantitative estimate of drug-likeness (QED) is 0.379. The Morgan fingerprint density at radius 3 is 2.43 bits per heavy atom. The number of aryl methyl sites for hydroxylation is 1.